The fourth-order valence-corrected chi connectivity index (χ4v) is 2.45. The van der Waals surface area contributed by atoms with Crippen molar-refractivity contribution in [3.63, 3.8) is 0 Å². The van der Waals surface area contributed by atoms with E-state index in [1.54, 1.807) is 31.4 Å². The molecule has 0 atom stereocenters. The van der Waals surface area contributed by atoms with Crippen molar-refractivity contribution in [2.75, 3.05) is 12.4 Å². The van der Waals surface area contributed by atoms with Gasteiger partial charge in [0.25, 0.3) is 0 Å². The van der Waals surface area contributed by atoms with Gasteiger partial charge in [0, 0.05) is 11.8 Å². The molecule has 1 amide bonds. The highest BCUT2D eigenvalue weighted by atomic mass is 35.5. The lowest BCUT2D eigenvalue weighted by atomic mass is 9.87. The number of benzene rings is 2. The fraction of sp³-hybridized carbons (Fsp3) is 0.250. The van der Waals surface area contributed by atoms with Gasteiger partial charge in [-0.25, -0.2) is 0 Å². The number of rotatable bonds is 4. The first-order valence-corrected chi connectivity index (χ1v) is 8.10. The van der Waals surface area contributed by atoms with Crippen LogP contribution in [0.5, 0.6) is 5.75 Å². The number of carbonyl (C=O) groups is 1. The van der Waals surface area contributed by atoms with Crippen LogP contribution < -0.4 is 10.1 Å². The molecule has 0 unspecified atom stereocenters. The van der Waals surface area contributed by atoms with E-state index in [0.717, 1.165) is 5.56 Å². The van der Waals surface area contributed by atoms with Crippen LogP contribution in [0.2, 0.25) is 5.02 Å². The molecule has 0 spiro atoms. The first-order chi connectivity index (χ1) is 11.3. The van der Waals surface area contributed by atoms with Gasteiger partial charge in [0.1, 0.15) is 5.75 Å². The van der Waals surface area contributed by atoms with E-state index >= 15 is 0 Å². The van der Waals surface area contributed by atoms with Gasteiger partial charge in [0.15, 0.2) is 0 Å². The summed E-state index contributed by atoms with van der Waals surface area (Å²) < 4.78 is 5.09. The van der Waals surface area contributed by atoms with Crippen LogP contribution in [0.4, 0.5) is 5.69 Å². The monoisotopic (exact) mass is 343 g/mol. The van der Waals surface area contributed by atoms with Crippen molar-refractivity contribution in [1.29, 1.82) is 0 Å². The Morgan fingerprint density at radius 1 is 1.12 bits per heavy atom. The van der Waals surface area contributed by atoms with Gasteiger partial charge in [0.05, 0.1) is 12.1 Å². The number of anilines is 1. The predicted octanol–water partition coefficient (Wildman–Crippen LogP) is 5.30. The van der Waals surface area contributed by atoms with Crippen molar-refractivity contribution in [2.24, 2.45) is 0 Å². The van der Waals surface area contributed by atoms with Crippen molar-refractivity contribution >= 4 is 29.3 Å². The van der Waals surface area contributed by atoms with E-state index in [4.69, 9.17) is 16.3 Å². The molecule has 4 heteroatoms. The normalized spacial score (nSPS) is 11.5. The lowest BCUT2D eigenvalue weighted by Crippen LogP contribution is -2.10. The minimum absolute atomic E-state index is 0.118. The van der Waals surface area contributed by atoms with Crippen molar-refractivity contribution < 1.29 is 9.53 Å². The Morgan fingerprint density at radius 2 is 1.79 bits per heavy atom. The molecular formula is C20H22ClNO2. The topological polar surface area (TPSA) is 38.3 Å². The molecule has 24 heavy (non-hydrogen) atoms. The van der Waals surface area contributed by atoms with E-state index < -0.39 is 0 Å². The fourth-order valence-electron chi connectivity index (χ4n) is 2.19. The molecule has 0 aromatic heterocycles. The molecule has 0 aliphatic carbocycles. The zero-order valence-corrected chi connectivity index (χ0v) is 15.1. The third-order valence-electron chi connectivity index (χ3n) is 3.62. The highest BCUT2D eigenvalue weighted by Crippen LogP contribution is 2.27. The third-order valence-corrected chi connectivity index (χ3v) is 3.92. The summed E-state index contributed by atoms with van der Waals surface area (Å²) in [7, 11) is 1.55. The minimum Gasteiger partial charge on any atom is -0.495 e. The Hall–Kier alpha value is -2.26. The van der Waals surface area contributed by atoms with E-state index in [9.17, 15) is 4.79 Å². The second-order valence-corrected chi connectivity index (χ2v) is 6.95. The molecule has 0 fully saturated rings. The molecule has 2 aromatic rings. The maximum Gasteiger partial charge on any atom is 0.248 e. The summed E-state index contributed by atoms with van der Waals surface area (Å²) in [6, 6.07) is 13.3. The Kier molecular flexibility index (Phi) is 5.68. The largest absolute Gasteiger partial charge is 0.495 e. The summed E-state index contributed by atoms with van der Waals surface area (Å²) in [5.41, 5.74) is 2.98. The standard InChI is InChI=1S/C20H22ClNO2/c1-20(2,3)15-8-5-14(6-9-15)7-12-19(23)22-16-10-11-18(24-4)17(21)13-16/h5-13H,1-4H3,(H,22,23)/b12-7+. The van der Waals surface area contributed by atoms with Crippen LogP contribution in [0.3, 0.4) is 0 Å². The Morgan fingerprint density at radius 3 is 2.33 bits per heavy atom. The number of amides is 1. The van der Waals surface area contributed by atoms with Crippen LogP contribution in [0.25, 0.3) is 6.08 Å². The lowest BCUT2D eigenvalue weighted by molar-refractivity contribution is -0.111. The van der Waals surface area contributed by atoms with Crippen LogP contribution in [0.15, 0.2) is 48.5 Å². The molecule has 2 rings (SSSR count). The van der Waals surface area contributed by atoms with Gasteiger partial charge in [-0.1, -0.05) is 56.6 Å². The quantitative estimate of drug-likeness (QED) is 0.765. The maximum atomic E-state index is 12.0. The molecule has 126 valence electrons. The van der Waals surface area contributed by atoms with Crippen molar-refractivity contribution in [1.82, 2.24) is 0 Å². The number of hydrogen-bond acceptors (Lipinski definition) is 2. The number of nitrogens with one attached hydrogen (secondary N) is 1. The van der Waals surface area contributed by atoms with Gasteiger partial charge < -0.3 is 10.1 Å². The van der Waals surface area contributed by atoms with Gasteiger partial charge in [-0.2, -0.15) is 0 Å². The Labute approximate surface area is 148 Å². The van der Waals surface area contributed by atoms with Crippen molar-refractivity contribution in [3.05, 3.63) is 64.7 Å². The third kappa shape index (κ3) is 4.87. The van der Waals surface area contributed by atoms with Crippen LogP contribution >= 0.6 is 11.6 Å². The van der Waals surface area contributed by atoms with Gasteiger partial charge in [0.2, 0.25) is 5.91 Å². The first kappa shape index (κ1) is 18.1. The number of hydrogen-bond donors (Lipinski definition) is 1. The highest BCUT2D eigenvalue weighted by molar-refractivity contribution is 6.32. The maximum absolute atomic E-state index is 12.0. The summed E-state index contributed by atoms with van der Waals surface area (Å²) in [5, 5.41) is 3.23. The number of ether oxygens (including phenoxy) is 1. The molecule has 0 saturated heterocycles. The Bertz CT molecular complexity index is 743. The number of methoxy groups -OCH3 is 1. The van der Waals surface area contributed by atoms with Gasteiger partial charge in [-0.3, -0.25) is 4.79 Å². The summed E-state index contributed by atoms with van der Waals surface area (Å²) in [6.45, 7) is 6.52. The molecule has 0 bridgehead atoms. The molecule has 0 aliphatic heterocycles. The lowest BCUT2D eigenvalue weighted by Gasteiger charge is -2.18. The molecular weight excluding hydrogens is 322 g/mol. The molecule has 0 aliphatic rings. The van der Waals surface area contributed by atoms with Crippen LogP contribution in [-0.2, 0) is 10.2 Å². The summed E-state index contributed by atoms with van der Waals surface area (Å²) >= 11 is 6.04. The minimum atomic E-state index is -0.212. The SMILES string of the molecule is COc1ccc(NC(=O)/C=C/c2ccc(C(C)(C)C)cc2)cc1Cl. The Balaban J connectivity index is 2.01. The second kappa shape index (κ2) is 7.54. The zero-order chi connectivity index (χ0) is 17.7. The second-order valence-electron chi connectivity index (χ2n) is 6.54. The molecule has 0 radical (unpaired) electrons. The highest BCUT2D eigenvalue weighted by Gasteiger charge is 2.12. The number of halogens is 1. The molecule has 0 saturated carbocycles. The van der Waals surface area contributed by atoms with E-state index in [2.05, 4.69) is 38.2 Å². The molecule has 2 aromatic carbocycles. The van der Waals surface area contributed by atoms with Crippen LogP contribution in [-0.4, -0.2) is 13.0 Å². The van der Waals surface area contributed by atoms with Gasteiger partial charge in [-0.05, 0) is 40.8 Å². The molecule has 1 N–H and O–H groups in total. The average Bonchev–Trinajstić information content (AvgIpc) is 2.53. The van der Waals surface area contributed by atoms with E-state index in [0.29, 0.717) is 16.5 Å². The first-order valence-electron chi connectivity index (χ1n) is 7.73. The predicted molar refractivity (Wildman–Crippen MR) is 101 cm³/mol. The van der Waals surface area contributed by atoms with Crippen LogP contribution in [0.1, 0.15) is 31.9 Å². The smallest absolute Gasteiger partial charge is 0.248 e. The van der Waals surface area contributed by atoms with E-state index in [1.807, 2.05) is 12.1 Å². The zero-order valence-electron chi connectivity index (χ0n) is 14.4. The summed E-state index contributed by atoms with van der Waals surface area (Å²) in [4.78, 5) is 12.0. The molecule has 3 nitrogen and oxygen atoms in total. The van der Waals surface area contributed by atoms with Crippen molar-refractivity contribution in [3.8, 4) is 5.75 Å². The summed E-state index contributed by atoms with van der Waals surface area (Å²) in [6.07, 6.45) is 3.29. The average molecular weight is 344 g/mol. The number of carbonyl (C=O) groups excluding carboxylic acids is 1. The van der Waals surface area contributed by atoms with Gasteiger partial charge in [-0.15, -0.1) is 0 Å². The summed E-state index contributed by atoms with van der Waals surface area (Å²) in [5.74, 6) is 0.361. The van der Waals surface area contributed by atoms with Crippen LogP contribution in [0, 0.1) is 0 Å². The van der Waals surface area contributed by atoms with Gasteiger partial charge >= 0.3 is 0 Å². The molecule has 0 heterocycles. The van der Waals surface area contributed by atoms with E-state index in [1.165, 1.54) is 11.6 Å². The van der Waals surface area contributed by atoms with E-state index in [-0.39, 0.29) is 11.3 Å². The van der Waals surface area contributed by atoms with Crippen molar-refractivity contribution in [2.45, 2.75) is 26.2 Å².